The molecular formula is C30H33NO4. The highest BCUT2D eigenvalue weighted by Gasteiger charge is 2.23. The molecule has 3 aromatic carbocycles. The molecule has 0 aromatic heterocycles. The van der Waals surface area contributed by atoms with E-state index in [-0.39, 0.29) is 18.7 Å². The molecule has 4 rings (SSSR count). The first kappa shape index (κ1) is 24.5. The molecule has 3 aromatic rings. The SMILES string of the molecule is CCOC(=O)COc1cccc2c1CCC(CC(C)=NOC(c1ccccc1)c1ccccc1)C2. The van der Waals surface area contributed by atoms with Crippen molar-refractivity contribution >= 4 is 11.7 Å². The highest BCUT2D eigenvalue weighted by atomic mass is 16.6. The maximum atomic E-state index is 11.7. The Balaban J connectivity index is 1.39. The Morgan fingerprint density at radius 2 is 1.66 bits per heavy atom. The average Bonchev–Trinajstić information content (AvgIpc) is 2.89. The molecular weight excluding hydrogens is 438 g/mol. The summed E-state index contributed by atoms with van der Waals surface area (Å²) in [5, 5.41) is 4.55. The largest absolute Gasteiger partial charge is 0.482 e. The van der Waals surface area contributed by atoms with Crippen LogP contribution >= 0.6 is 0 Å². The number of rotatable bonds is 10. The molecule has 0 fully saturated rings. The fourth-order valence-corrected chi connectivity index (χ4v) is 4.66. The lowest BCUT2D eigenvalue weighted by Crippen LogP contribution is -2.19. The zero-order valence-corrected chi connectivity index (χ0v) is 20.5. The van der Waals surface area contributed by atoms with Gasteiger partial charge >= 0.3 is 5.97 Å². The molecule has 0 amide bonds. The van der Waals surface area contributed by atoms with Crippen LogP contribution in [0.1, 0.15) is 55.0 Å². The van der Waals surface area contributed by atoms with Gasteiger partial charge in [-0.3, -0.25) is 0 Å². The number of hydrogen-bond acceptors (Lipinski definition) is 5. The normalized spacial score (nSPS) is 15.4. The summed E-state index contributed by atoms with van der Waals surface area (Å²) < 4.78 is 10.7. The van der Waals surface area contributed by atoms with Crippen molar-refractivity contribution in [3.05, 3.63) is 101 Å². The molecule has 0 radical (unpaired) electrons. The molecule has 0 saturated heterocycles. The van der Waals surface area contributed by atoms with E-state index in [0.29, 0.717) is 12.5 Å². The quantitative estimate of drug-likeness (QED) is 0.198. The summed E-state index contributed by atoms with van der Waals surface area (Å²) in [7, 11) is 0. The lowest BCUT2D eigenvalue weighted by atomic mass is 9.81. The van der Waals surface area contributed by atoms with Gasteiger partial charge in [0.25, 0.3) is 0 Å². The molecule has 0 saturated carbocycles. The predicted octanol–water partition coefficient (Wildman–Crippen LogP) is 6.31. The number of esters is 1. The van der Waals surface area contributed by atoms with E-state index in [1.54, 1.807) is 6.92 Å². The van der Waals surface area contributed by atoms with E-state index in [9.17, 15) is 4.79 Å². The van der Waals surface area contributed by atoms with Crippen LogP contribution in [0.4, 0.5) is 0 Å². The van der Waals surface area contributed by atoms with Crippen molar-refractivity contribution in [2.45, 2.75) is 45.6 Å². The molecule has 0 spiro atoms. The van der Waals surface area contributed by atoms with E-state index in [1.807, 2.05) is 55.5 Å². The van der Waals surface area contributed by atoms with Crippen molar-refractivity contribution in [1.29, 1.82) is 0 Å². The zero-order valence-electron chi connectivity index (χ0n) is 20.5. The third kappa shape index (κ3) is 6.72. The number of hydrogen-bond donors (Lipinski definition) is 0. The fraction of sp³-hybridized carbons (Fsp3) is 0.333. The number of oxime groups is 1. The molecule has 1 aliphatic carbocycles. The van der Waals surface area contributed by atoms with E-state index in [1.165, 1.54) is 11.1 Å². The van der Waals surface area contributed by atoms with Gasteiger partial charge in [-0.2, -0.15) is 0 Å². The summed E-state index contributed by atoms with van der Waals surface area (Å²) in [6.07, 6.45) is 3.56. The zero-order chi connectivity index (χ0) is 24.5. The van der Waals surface area contributed by atoms with E-state index >= 15 is 0 Å². The molecule has 0 N–H and O–H groups in total. The molecule has 35 heavy (non-hydrogen) atoms. The Morgan fingerprint density at radius 1 is 0.971 bits per heavy atom. The molecule has 0 aliphatic heterocycles. The molecule has 0 bridgehead atoms. The Morgan fingerprint density at radius 3 is 2.31 bits per heavy atom. The maximum absolute atomic E-state index is 11.7. The Bertz CT molecular complexity index is 1090. The summed E-state index contributed by atoms with van der Waals surface area (Å²) in [4.78, 5) is 17.8. The molecule has 1 unspecified atom stereocenters. The molecule has 1 atom stereocenters. The third-order valence-corrected chi connectivity index (χ3v) is 6.29. The van der Waals surface area contributed by atoms with Crippen molar-refractivity contribution in [2.24, 2.45) is 11.1 Å². The van der Waals surface area contributed by atoms with Gasteiger partial charge in [0.1, 0.15) is 5.75 Å². The van der Waals surface area contributed by atoms with Crippen molar-refractivity contribution in [3.8, 4) is 5.75 Å². The second-order valence-corrected chi connectivity index (χ2v) is 8.93. The lowest BCUT2D eigenvalue weighted by Gasteiger charge is -2.26. The Labute approximate surface area is 207 Å². The van der Waals surface area contributed by atoms with Gasteiger partial charge in [0.15, 0.2) is 12.7 Å². The lowest BCUT2D eigenvalue weighted by molar-refractivity contribution is -0.145. The van der Waals surface area contributed by atoms with E-state index in [2.05, 4.69) is 35.5 Å². The monoisotopic (exact) mass is 471 g/mol. The number of fused-ring (bicyclic) bond motifs is 1. The van der Waals surface area contributed by atoms with E-state index in [0.717, 1.165) is 48.3 Å². The molecule has 5 nitrogen and oxygen atoms in total. The van der Waals surface area contributed by atoms with Crippen LogP contribution in [0.25, 0.3) is 0 Å². The smallest absolute Gasteiger partial charge is 0.344 e. The van der Waals surface area contributed by atoms with Crippen molar-refractivity contribution in [3.63, 3.8) is 0 Å². The van der Waals surface area contributed by atoms with Gasteiger partial charge in [-0.1, -0.05) is 78.0 Å². The van der Waals surface area contributed by atoms with Crippen molar-refractivity contribution in [1.82, 2.24) is 0 Å². The summed E-state index contributed by atoms with van der Waals surface area (Å²) >= 11 is 0. The number of carbonyl (C=O) groups excluding carboxylic acids is 1. The Hall–Kier alpha value is -3.60. The highest BCUT2D eigenvalue weighted by molar-refractivity contribution is 5.81. The topological polar surface area (TPSA) is 57.1 Å². The number of benzene rings is 3. The highest BCUT2D eigenvalue weighted by Crippen LogP contribution is 2.34. The van der Waals surface area contributed by atoms with Crippen LogP contribution < -0.4 is 4.74 Å². The first-order chi connectivity index (χ1) is 17.1. The van der Waals surface area contributed by atoms with Crippen LogP contribution in [-0.4, -0.2) is 24.9 Å². The van der Waals surface area contributed by atoms with Crippen LogP contribution in [0.3, 0.4) is 0 Å². The summed E-state index contributed by atoms with van der Waals surface area (Å²) in [5.41, 5.74) is 5.63. The van der Waals surface area contributed by atoms with Crippen LogP contribution in [0.15, 0.2) is 84.0 Å². The molecule has 5 heteroatoms. The second kappa shape index (κ2) is 12.2. The van der Waals surface area contributed by atoms with Gasteiger partial charge in [0, 0.05) is 0 Å². The average molecular weight is 472 g/mol. The van der Waals surface area contributed by atoms with Gasteiger partial charge in [-0.15, -0.1) is 0 Å². The maximum Gasteiger partial charge on any atom is 0.344 e. The van der Waals surface area contributed by atoms with Crippen molar-refractivity contribution in [2.75, 3.05) is 13.2 Å². The number of nitrogens with zero attached hydrogens (tertiary/aromatic N) is 1. The minimum Gasteiger partial charge on any atom is -0.482 e. The van der Waals surface area contributed by atoms with Crippen LogP contribution in [0.5, 0.6) is 5.75 Å². The first-order valence-corrected chi connectivity index (χ1v) is 12.3. The van der Waals surface area contributed by atoms with E-state index in [4.69, 9.17) is 14.3 Å². The van der Waals surface area contributed by atoms with Gasteiger partial charge in [0.2, 0.25) is 0 Å². The standard InChI is InChI=1S/C30H33NO4/c1-3-33-29(32)21-34-28-16-10-15-26-20-23(17-18-27(26)28)19-22(2)31-35-30(24-11-6-4-7-12-24)25-13-8-5-9-14-25/h4-16,23,30H,3,17-21H2,1-2H3. The van der Waals surface area contributed by atoms with E-state index < -0.39 is 0 Å². The summed E-state index contributed by atoms with van der Waals surface area (Å²) in [6, 6.07) is 26.5. The molecule has 182 valence electrons. The molecule has 1 aliphatic rings. The van der Waals surface area contributed by atoms with Crippen molar-refractivity contribution < 1.29 is 19.1 Å². The second-order valence-electron chi connectivity index (χ2n) is 8.93. The fourth-order valence-electron chi connectivity index (χ4n) is 4.66. The third-order valence-electron chi connectivity index (χ3n) is 6.29. The van der Waals surface area contributed by atoms with Gasteiger partial charge in [-0.25, -0.2) is 4.79 Å². The number of carbonyl (C=O) groups is 1. The number of ether oxygens (including phenoxy) is 2. The first-order valence-electron chi connectivity index (χ1n) is 12.3. The predicted molar refractivity (Wildman–Crippen MR) is 138 cm³/mol. The minimum atomic E-state index is -0.338. The molecule has 0 heterocycles. The van der Waals surface area contributed by atoms with Gasteiger partial charge in [0.05, 0.1) is 12.3 Å². The van der Waals surface area contributed by atoms with Crippen LogP contribution in [0, 0.1) is 5.92 Å². The Kier molecular flexibility index (Phi) is 8.55. The van der Waals surface area contributed by atoms with Gasteiger partial charge in [-0.05, 0) is 73.8 Å². The summed E-state index contributed by atoms with van der Waals surface area (Å²) in [5.74, 6) is 0.938. The van der Waals surface area contributed by atoms with Crippen LogP contribution in [0.2, 0.25) is 0 Å². The van der Waals surface area contributed by atoms with Gasteiger partial charge < -0.3 is 14.3 Å². The summed E-state index contributed by atoms with van der Waals surface area (Å²) in [6.45, 7) is 4.14. The minimum absolute atomic E-state index is 0.0547. The van der Waals surface area contributed by atoms with Crippen LogP contribution in [-0.2, 0) is 27.2 Å².